The molecule has 0 aromatic heterocycles. The van der Waals surface area contributed by atoms with Crippen LogP contribution >= 0.6 is 0 Å². The van der Waals surface area contributed by atoms with Gasteiger partial charge in [-0.15, -0.1) is 0 Å². The van der Waals surface area contributed by atoms with Gasteiger partial charge in [0, 0.05) is 19.3 Å². The second-order valence-electron chi connectivity index (χ2n) is 21.6. The molecule has 0 saturated carbocycles. The Labute approximate surface area is 477 Å². The summed E-state index contributed by atoms with van der Waals surface area (Å²) >= 11 is 0. The van der Waals surface area contributed by atoms with Crippen molar-refractivity contribution in [1.29, 1.82) is 0 Å². The SMILES string of the molecule is CC/C=C\C/C=C\C/C=C\C/C=C\C/C=C\CCCCCCCCCCCC(=O)OCC(COC(=O)CCCCCCCCCCCCCCCCC)OC(=O)CCCCCCCC/C=C\C/C=C\C/C=C\CCCCC. The maximum absolute atomic E-state index is 12.9. The molecule has 6 heteroatoms. The lowest BCUT2D eigenvalue weighted by atomic mass is 10.0. The Morgan fingerprint density at radius 1 is 0.273 bits per heavy atom. The van der Waals surface area contributed by atoms with E-state index in [1.165, 1.54) is 154 Å². The van der Waals surface area contributed by atoms with Gasteiger partial charge in [0.15, 0.2) is 6.10 Å². The van der Waals surface area contributed by atoms with Crippen LogP contribution in [0.1, 0.15) is 316 Å². The predicted molar refractivity (Wildman–Crippen MR) is 334 cm³/mol. The van der Waals surface area contributed by atoms with Crippen LogP contribution in [0.5, 0.6) is 0 Å². The number of rotatable bonds is 59. The lowest BCUT2D eigenvalue weighted by Gasteiger charge is -2.18. The summed E-state index contributed by atoms with van der Waals surface area (Å²) in [6.07, 6.45) is 86.9. The Kier molecular flexibility index (Phi) is 61.8. The summed E-state index contributed by atoms with van der Waals surface area (Å²) in [6.45, 7) is 6.52. The monoisotopic (exact) mass is 1070 g/mol. The Hall–Kier alpha value is -3.67. The quantitative estimate of drug-likeness (QED) is 0.0261. The molecule has 1 unspecified atom stereocenters. The molecule has 0 spiro atoms. The van der Waals surface area contributed by atoms with E-state index >= 15 is 0 Å². The first-order valence-corrected chi connectivity index (χ1v) is 32.7. The van der Waals surface area contributed by atoms with Gasteiger partial charge in [0.2, 0.25) is 0 Å². The number of carbonyl (C=O) groups excluding carboxylic acids is 3. The van der Waals surface area contributed by atoms with Crippen molar-refractivity contribution >= 4 is 17.9 Å². The smallest absolute Gasteiger partial charge is 0.306 e. The van der Waals surface area contributed by atoms with Crippen molar-refractivity contribution in [3.05, 3.63) is 97.2 Å². The first-order chi connectivity index (χ1) is 38.0. The van der Waals surface area contributed by atoms with Gasteiger partial charge in [-0.1, -0.05) is 291 Å². The summed E-state index contributed by atoms with van der Waals surface area (Å²) in [4.78, 5) is 38.4. The van der Waals surface area contributed by atoms with E-state index in [1.807, 2.05) is 0 Å². The maximum atomic E-state index is 12.9. The van der Waals surface area contributed by atoms with Gasteiger partial charge in [-0.3, -0.25) is 14.4 Å². The molecule has 0 rings (SSSR count). The molecule has 0 aliphatic heterocycles. The Bertz CT molecular complexity index is 1510. The normalized spacial score (nSPS) is 12.7. The van der Waals surface area contributed by atoms with Gasteiger partial charge in [0.05, 0.1) is 0 Å². The second-order valence-corrected chi connectivity index (χ2v) is 21.6. The minimum absolute atomic E-state index is 0.0821. The van der Waals surface area contributed by atoms with Crippen LogP contribution in [0.25, 0.3) is 0 Å². The lowest BCUT2D eigenvalue weighted by molar-refractivity contribution is -0.167. The first-order valence-electron chi connectivity index (χ1n) is 32.7. The van der Waals surface area contributed by atoms with Crippen molar-refractivity contribution in [2.45, 2.75) is 322 Å². The number of ether oxygens (including phenoxy) is 3. The molecule has 0 amide bonds. The highest BCUT2D eigenvalue weighted by molar-refractivity contribution is 5.71. The van der Waals surface area contributed by atoms with Gasteiger partial charge in [0.1, 0.15) is 13.2 Å². The number of esters is 3. The molecule has 0 saturated heterocycles. The van der Waals surface area contributed by atoms with Gasteiger partial charge in [-0.05, 0) is 103 Å². The van der Waals surface area contributed by atoms with Crippen LogP contribution in [-0.2, 0) is 28.6 Å². The molecule has 0 aliphatic carbocycles. The third-order valence-electron chi connectivity index (χ3n) is 14.1. The van der Waals surface area contributed by atoms with E-state index in [4.69, 9.17) is 14.2 Å². The molecule has 0 fully saturated rings. The fourth-order valence-corrected chi connectivity index (χ4v) is 9.18. The molecule has 1 atom stereocenters. The number of hydrogen-bond acceptors (Lipinski definition) is 6. The molecule has 0 radical (unpaired) electrons. The molecule has 0 aliphatic rings. The maximum Gasteiger partial charge on any atom is 0.306 e. The summed E-state index contributed by atoms with van der Waals surface area (Å²) in [5.74, 6) is -0.888. The molecule has 442 valence electrons. The zero-order valence-corrected chi connectivity index (χ0v) is 50.7. The van der Waals surface area contributed by atoms with E-state index in [2.05, 4.69) is 118 Å². The zero-order chi connectivity index (χ0) is 55.7. The van der Waals surface area contributed by atoms with E-state index in [9.17, 15) is 14.4 Å². The molecule has 0 aromatic carbocycles. The van der Waals surface area contributed by atoms with E-state index in [1.54, 1.807) is 0 Å². The average Bonchev–Trinajstić information content (AvgIpc) is 3.43. The molecule has 0 heterocycles. The van der Waals surface area contributed by atoms with Crippen LogP contribution in [-0.4, -0.2) is 37.2 Å². The third kappa shape index (κ3) is 63.0. The number of hydrogen-bond donors (Lipinski definition) is 0. The van der Waals surface area contributed by atoms with Crippen molar-refractivity contribution in [2.24, 2.45) is 0 Å². The van der Waals surface area contributed by atoms with E-state index in [-0.39, 0.29) is 31.1 Å². The van der Waals surface area contributed by atoms with Crippen molar-refractivity contribution in [3.8, 4) is 0 Å². The summed E-state index contributed by atoms with van der Waals surface area (Å²) in [7, 11) is 0. The highest BCUT2D eigenvalue weighted by Crippen LogP contribution is 2.16. The Morgan fingerprint density at radius 2 is 0.506 bits per heavy atom. The van der Waals surface area contributed by atoms with Gasteiger partial charge in [-0.25, -0.2) is 0 Å². The van der Waals surface area contributed by atoms with Crippen LogP contribution in [0.2, 0.25) is 0 Å². The van der Waals surface area contributed by atoms with Crippen molar-refractivity contribution in [2.75, 3.05) is 13.2 Å². The molecule has 0 bridgehead atoms. The van der Waals surface area contributed by atoms with Gasteiger partial charge in [0.25, 0.3) is 0 Å². The van der Waals surface area contributed by atoms with Crippen LogP contribution in [0, 0.1) is 0 Å². The van der Waals surface area contributed by atoms with Crippen molar-refractivity contribution < 1.29 is 28.6 Å². The molecular weight excluding hydrogens is 949 g/mol. The van der Waals surface area contributed by atoms with E-state index in [0.29, 0.717) is 19.3 Å². The minimum Gasteiger partial charge on any atom is -0.462 e. The molecule has 77 heavy (non-hydrogen) atoms. The minimum atomic E-state index is -0.788. The summed E-state index contributed by atoms with van der Waals surface area (Å²) < 4.78 is 16.9. The van der Waals surface area contributed by atoms with Crippen molar-refractivity contribution in [3.63, 3.8) is 0 Å². The number of carbonyl (C=O) groups is 3. The highest BCUT2D eigenvalue weighted by atomic mass is 16.6. The van der Waals surface area contributed by atoms with E-state index in [0.717, 1.165) is 122 Å². The summed E-state index contributed by atoms with van der Waals surface area (Å²) in [5.41, 5.74) is 0. The molecular formula is C71H122O6. The lowest BCUT2D eigenvalue weighted by Crippen LogP contribution is -2.30. The van der Waals surface area contributed by atoms with E-state index < -0.39 is 6.10 Å². The van der Waals surface area contributed by atoms with Gasteiger partial charge >= 0.3 is 17.9 Å². The third-order valence-corrected chi connectivity index (χ3v) is 14.1. The second kappa shape index (κ2) is 64.9. The van der Waals surface area contributed by atoms with Gasteiger partial charge < -0.3 is 14.2 Å². The molecule has 0 N–H and O–H groups in total. The largest absolute Gasteiger partial charge is 0.462 e. The predicted octanol–water partition coefficient (Wildman–Crippen LogP) is 22.4. The average molecular weight is 1070 g/mol. The molecule has 6 nitrogen and oxygen atoms in total. The van der Waals surface area contributed by atoms with Gasteiger partial charge in [-0.2, -0.15) is 0 Å². The fourth-order valence-electron chi connectivity index (χ4n) is 9.18. The highest BCUT2D eigenvalue weighted by Gasteiger charge is 2.19. The first kappa shape index (κ1) is 73.3. The zero-order valence-electron chi connectivity index (χ0n) is 50.7. The standard InChI is InChI=1S/C71H122O6/c1-4-7-10-13-16-19-22-25-28-30-32-33-34-35-36-37-39-40-43-46-49-52-55-58-61-64-70(73)76-67-68(66-75-69(72)63-60-57-54-51-48-45-42-27-24-21-18-15-12-9-6-3)77-71(74)65-62-59-56-53-50-47-44-41-38-31-29-26-23-20-17-14-11-8-5-2/h7,10,16-17,19-20,25-26,28-29,32-33,35-36,38,41,68H,4-6,8-9,11-15,18,21-24,27,30-31,34,37,39-40,42-67H2,1-3H3/b10-7-,19-16-,20-17-,28-25-,29-26-,33-32-,36-35-,41-38-. The van der Waals surface area contributed by atoms with Crippen LogP contribution < -0.4 is 0 Å². The van der Waals surface area contributed by atoms with Crippen LogP contribution in [0.4, 0.5) is 0 Å². The number of allylic oxidation sites excluding steroid dienone is 16. The molecule has 0 aromatic rings. The Morgan fingerprint density at radius 3 is 0.818 bits per heavy atom. The summed E-state index contributed by atoms with van der Waals surface area (Å²) in [6, 6.07) is 0. The van der Waals surface area contributed by atoms with Crippen molar-refractivity contribution in [1.82, 2.24) is 0 Å². The number of unbranched alkanes of at least 4 members (excludes halogenated alkanes) is 32. The summed E-state index contributed by atoms with van der Waals surface area (Å²) in [5, 5.41) is 0. The van der Waals surface area contributed by atoms with Crippen LogP contribution in [0.15, 0.2) is 97.2 Å². The topological polar surface area (TPSA) is 78.9 Å². The van der Waals surface area contributed by atoms with Crippen LogP contribution in [0.3, 0.4) is 0 Å². The fraction of sp³-hybridized carbons (Fsp3) is 0.732. The Balaban J connectivity index is 4.37.